The second-order valence-electron chi connectivity index (χ2n) is 2.48. The fourth-order valence-electron chi connectivity index (χ4n) is 0.989. The molecule has 0 saturated heterocycles. The molecule has 2 rings (SSSR count). The normalized spacial score (nSPS) is 10.2. The number of carbonyl (C=O) groups excluding carboxylic acids is 1. The molecular weight excluding hydrogens is 315 g/mol. The third-order valence-electron chi connectivity index (χ3n) is 1.61. The van der Waals surface area contributed by atoms with E-state index in [1.165, 1.54) is 0 Å². The number of thiophene rings is 2. The summed E-state index contributed by atoms with van der Waals surface area (Å²) in [5.41, 5.74) is 1.59. The van der Waals surface area contributed by atoms with E-state index in [-0.39, 0.29) is 5.78 Å². The molecule has 0 unspecified atom stereocenters. The van der Waals surface area contributed by atoms with E-state index < -0.39 is 0 Å². The van der Waals surface area contributed by atoms with E-state index in [9.17, 15) is 4.79 Å². The molecule has 13 heavy (non-hydrogen) atoms. The Morgan fingerprint density at radius 2 is 2.15 bits per heavy atom. The van der Waals surface area contributed by atoms with Crippen molar-refractivity contribution in [3.8, 4) is 0 Å². The summed E-state index contributed by atoms with van der Waals surface area (Å²) in [5, 5.41) is 5.71. The first-order valence-corrected chi connectivity index (χ1v) is 6.48. The predicted molar refractivity (Wildman–Crippen MR) is 64.8 cm³/mol. The predicted octanol–water partition coefficient (Wildman–Crippen LogP) is 3.65. The van der Waals surface area contributed by atoms with Crippen LogP contribution in [0.5, 0.6) is 0 Å². The topological polar surface area (TPSA) is 17.1 Å². The fourth-order valence-corrected chi connectivity index (χ4v) is 2.95. The van der Waals surface area contributed by atoms with Crippen LogP contribution in [0.25, 0.3) is 0 Å². The first-order valence-electron chi connectivity index (χ1n) is 3.58. The van der Waals surface area contributed by atoms with E-state index >= 15 is 0 Å². The maximum absolute atomic E-state index is 11.7. The minimum absolute atomic E-state index is 0.125. The lowest BCUT2D eigenvalue weighted by Gasteiger charge is -1.90. The summed E-state index contributed by atoms with van der Waals surface area (Å²) in [7, 11) is 0. The van der Waals surface area contributed by atoms with Gasteiger partial charge in [0, 0.05) is 21.9 Å². The lowest BCUT2D eigenvalue weighted by Crippen LogP contribution is -1.96. The SMILES string of the molecule is O=C(c1ccsc1)c1csc(I)c1. The molecule has 0 spiro atoms. The highest BCUT2D eigenvalue weighted by atomic mass is 127. The molecule has 1 nitrogen and oxygen atoms in total. The Balaban J connectivity index is 2.33. The van der Waals surface area contributed by atoms with Crippen LogP contribution in [0.4, 0.5) is 0 Å². The van der Waals surface area contributed by atoms with Crippen LogP contribution in [0.15, 0.2) is 28.3 Å². The third kappa shape index (κ3) is 2.00. The van der Waals surface area contributed by atoms with Gasteiger partial charge < -0.3 is 0 Å². The number of halogens is 1. The minimum Gasteiger partial charge on any atom is -0.289 e. The number of ketones is 1. The Morgan fingerprint density at radius 1 is 1.31 bits per heavy atom. The third-order valence-corrected chi connectivity index (χ3v) is 4.09. The Bertz CT molecular complexity index is 417. The van der Waals surface area contributed by atoms with Crippen molar-refractivity contribution in [1.82, 2.24) is 0 Å². The van der Waals surface area contributed by atoms with Gasteiger partial charge in [-0.1, -0.05) is 0 Å². The zero-order valence-electron chi connectivity index (χ0n) is 6.49. The smallest absolute Gasteiger partial charge is 0.194 e. The van der Waals surface area contributed by atoms with Crippen molar-refractivity contribution in [2.75, 3.05) is 0 Å². The molecule has 0 bridgehead atoms. The Kier molecular flexibility index (Phi) is 2.80. The van der Waals surface area contributed by atoms with Gasteiger partial charge in [0.25, 0.3) is 0 Å². The molecule has 66 valence electrons. The Labute approximate surface area is 97.6 Å². The molecule has 0 aliphatic heterocycles. The van der Waals surface area contributed by atoms with Crippen molar-refractivity contribution >= 4 is 51.0 Å². The first-order chi connectivity index (χ1) is 6.27. The van der Waals surface area contributed by atoms with E-state index in [4.69, 9.17) is 0 Å². The molecule has 2 aromatic heterocycles. The monoisotopic (exact) mass is 320 g/mol. The molecule has 0 amide bonds. The zero-order valence-corrected chi connectivity index (χ0v) is 10.3. The van der Waals surface area contributed by atoms with Gasteiger partial charge in [0.1, 0.15) is 0 Å². The summed E-state index contributed by atoms with van der Waals surface area (Å²) in [6, 6.07) is 3.78. The molecule has 2 heterocycles. The van der Waals surface area contributed by atoms with Crippen LogP contribution in [-0.4, -0.2) is 5.78 Å². The van der Waals surface area contributed by atoms with Crippen molar-refractivity contribution < 1.29 is 4.79 Å². The molecule has 0 N–H and O–H groups in total. The summed E-state index contributed by atoms with van der Waals surface area (Å²) < 4.78 is 1.15. The summed E-state index contributed by atoms with van der Waals surface area (Å²) in [5.74, 6) is 0.125. The standard InChI is InChI=1S/C9H5IOS2/c10-8-3-7(5-13-8)9(11)6-1-2-12-4-6/h1-5H. The molecule has 4 heteroatoms. The number of rotatable bonds is 2. The van der Waals surface area contributed by atoms with Crippen molar-refractivity contribution in [2.45, 2.75) is 0 Å². The van der Waals surface area contributed by atoms with Crippen molar-refractivity contribution in [1.29, 1.82) is 0 Å². The largest absolute Gasteiger partial charge is 0.289 e. The molecule has 0 saturated carbocycles. The van der Waals surface area contributed by atoms with E-state index in [0.29, 0.717) is 0 Å². The lowest BCUT2D eigenvalue weighted by molar-refractivity contribution is 0.103. The first kappa shape index (κ1) is 9.36. The van der Waals surface area contributed by atoms with Crippen LogP contribution in [-0.2, 0) is 0 Å². The van der Waals surface area contributed by atoms with Gasteiger partial charge in [0.15, 0.2) is 5.78 Å². The van der Waals surface area contributed by atoms with Crippen molar-refractivity contribution in [3.63, 3.8) is 0 Å². The highest BCUT2D eigenvalue weighted by Gasteiger charge is 2.10. The number of carbonyl (C=O) groups is 1. The highest BCUT2D eigenvalue weighted by molar-refractivity contribution is 14.1. The average Bonchev–Trinajstić information content (AvgIpc) is 2.72. The van der Waals surface area contributed by atoms with Gasteiger partial charge in [-0.2, -0.15) is 11.3 Å². The highest BCUT2D eigenvalue weighted by Crippen LogP contribution is 2.20. The molecule has 0 fully saturated rings. The van der Waals surface area contributed by atoms with Crippen LogP contribution in [0.2, 0.25) is 0 Å². The molecule has 0 aliphatic carbocycles. The lowest BCUT2D eigenvalue weighted by atomic mass is 10.1. The van der Waals surface area contributed by atoms with Gasteiger partial charge in [0.2, 0.25) is 0 Å². The van der Waals surface area contributed by atoms with Gasteiger partial charge in [0.05, 0.1) is 2.88 Å². The average molecular weight is 320 g/mol. The molecule has 0 atom stereocenters. The maximum atomic E-state index is 11.7. The van der Waals surface area contributed by atoms with Crippen LogP contribution in [0, 0.1) is 2.88 Å². The zero-order chi connectivity index (χ0) is 9.26. The van der Waals surface area contributed by atoms with Gasteiger partial charge in [-0.25, -0.2) is 0 Å². The van der Waals surface area contributed by atoms with Crippen LogP contribution in [0.1, 0.15) is 15.9 Å². The fraction of sp³-hybridized carbons (Fsp3) is 0. The molecular formula is C9H5IOS2. The summed E-state index contributed by atoms with van der Waals surface area (Å²) in [6.07, 6.45) is 0. The summed E-state index contributed by atoms with van der Waals surface area (Å²) in [6.45, 7) is 0. The second kappa shape index (κ2) is 3.89. The van der Waals surface area contributed by atoms with Crippen molar-refractivity contribution in [3.05, 3.63) is 42.3 Å². The Morgan fingerprint density at radius 3 is 2.69 bits per heavy atom. The second-order valence-corrected chi connectivity index (χ2v) is 6.07. The molecule has 0 aliphatic rings. The quantitative estimate of drug-likeness (QED) is 0.610. The summed E-state index contributed by atoms with van der Waals surface area (Å²) >= 11 is 5.37. The van der Waals surface area contributed by atoms with Crippen LogP contribution < -0.4 is 0 Å². The van der Waals surface area contributed by atoms with Crippen LogP contribution >= 0.6 is 45.3 Å². The van der Waals surface area contributed by atoms with E-state index in [1.807, 2.05) is 28.3 Å². The van der Waals surface area contributed by atoms with Gasteiger partial charge in [-0.15, -0.1) is 11.3 Å². The van der Waals surface area contributed by atoms with Crippen molar-refractivity contribution in [2.24, 2.45) is 0 Å². The summed E-state index contributed by atoms with van der Waals surface area (Å²) in [4.78, 5) is 11.7. The molecule has 0 radical (unpaired) electrons. The molecule has 2 aromatic rings. The minimum atomic E-state index is 0.125. The maximum Gasteiger partial charge on any atom is 0.194 e. The van der Waals surface area contributed by atoms with Gasteiger partial charge in [-0.05, 0) is 40.1 Å². The van der Waals surface area contributed by atoms with Crippen LogP contribution in [0.3, 0.4) is 0 Å². The van der Waals surface area contributed by atoms with E-state index in [1.54, 1.807) is 22.7 Å². The van der Waals surface area contributed by atoms with E-state index in [0.717, 1.165) is 14.0 Å². The number of hydrogen-bond donors (Lipinski definition) is 0. The Hall–Kier alpha value is -0.200. The van der Waals surface area contributed by atoms with Gasteiger partial charge >= 0.3 is 0 Å². The number of hydrogen-bond acceptors (Lipinski definition) is 3. The van der Waals surface area contributed by atoms with Gasteiger partial charge in [-0.3, -0.25) is 4.79 Å². The molecule has 0 aromatic carbocycles. The van der Waals surface area contributed by atoms with E-state index in [2.05, 4.69) is 22.6 Å².